The molecule has 1 aliphatic heterocycles. The zero-order valence-corrected chi connectivity index (χ0v) is 36.8. The van der Waals surface area contributed by atoms with Crippen molar-refractivity contribution in [3.05, 3.63) is 180 Å². The Hall–Kier alpha value is -6.33. The summed E-state index contributed by atoms with van der Waals surface area (Å²) in [4.78, 5) is 9.87. The molecule has 61 heavy (non-hydrogen) atoms. The zero-order chi connectivity index (χ0) is 42.3. The minimum absolute atomic E-state index is 0.0139. The van der Waals surface area contributed by atoms with E-state index in [1.54, 1.807) is 0 Å². The summed E-state index contributed by atoms with van der Waals surface area (Å²) < 4.78 is 8.87. The lowest BCUT2D eigenvalue weighted by molar-refractivity contribution is 0.306. The van der Waals surface area contributed by atoms with E-state index in [2.05, 4.69) is 208 Å². The molecule has 0 amide bonds. The third kappa shape index (κ3) is 8.02. The van der Waals surface area contributed by atoms with Crippen molar-refractivity contribution in [2.45, 2.75) is 85.2 Å². The monoisotopic (exact) mass is 802 g/mol. The van der Waals surface area contributed by atoms with Crippen LogP contribution in [0.1, 0.15) is 94.5 Å². The molecule has 0 aliphatic carbocycles. The van der Waals surface area contributed by atoms with Crippen LogP contribution in [0.15, 0.2) is 152 Å². The first-order valence-corrected chi connectivity index (χ1v) is 22.1. The lowest BCUT2D eigenvalue weighted by Gasteiger charge is -2.24. The van der Waals surface area contributed by atoms with Crippen molar-refractivity contribution in [1.29, 1.82) is 0 Å². The van der Waals surface area contributed by atoms with E-state index in [0.29, 0.717) is 18.4 Å². The van der Waals surface area contributed by atoms with E-state index >= 15 is 0 Å². The van der Waals surface area contributed by atoms with Crippen molar-refractivity contribution < 1.29 is 4.74 Å². The van der Waals surface area contributed by atoms with Gasteiger partial charge in [0.2, 0.25) is 0 Å². The van der Waals surface area contributed by atoms with E-state index in [1.165, 1.54) is 61.2 Å². The maximum atomic E-state index is 6.59. The highest BCUT2D eigenvalue weighted by Gasteiger charge is 2.27. The number of fused-ring (bicyclic) bond motifs is 4. The van der Waals surface area contributed by atoms with E-state index in [-0.39, 0.29) is 5.41 Å². The Labute approximate surface area is 362 Å². The molecule has 2 aromatic heterocycles. The fourth-order valence-electron chi connectivity index (χ4n) is 9.14. The van der Waals surface area contributed by atoms with Gasteiger partial charge in [0.1, 0.15) is 18.2 Å². The summed E-state index contributed by atoms with van der Waals surface area (Å²) in [6, 6.07) is 53.0. The second-order valence-corrected chi connectivity index (χ2v) is 18.4. The van der Waals surface area contributed by atoms with Crippen LogP contribution >= 0.6 is 0 Å². The van der Waals surface area contributed by atoms with Crippen LogP contribution in [0.3, 0.4) is 0 Å². The first kappa shape index (κ1) is 40.1. The maximum Gasteiger partial charge on any atom is 0.137 e. The standard InChI is InChI=1S/C56H58N4O/c1-38(2)42-32-49(39(3)4)46(50(33-42)41-18-9-8-10-19-41)22-16-30-58-37-59(53-25-14-13-24-52(53)58)44-20-15-17-40(31-44)36-61-45-26-27-48-47-21-11-12-23-51(47)60(54(48)35-45)55-34-43(28-29-57-55)56(5,6)7/h8-15,17-21,23-29,31-35,38-39H,16,22,30,36-37H2,1-7H3. The minimum Gasteiger partial charge on any atom is -0.489 e. The van der Waals surface area contributed by atoms with Gasteiger partial charge in [-0.15, -0.1) is 0 Å². The molecule has 0 bridgehead atoms. The molecule has 0 unspecified atom stereocenters. The van der Waals surface area contributed by atoms with Crippen molar-refractivity contribution in [2.24, 2.45) is 0 Å². The number of aromatic nitrogens is 2. The number of pyridine rings is 1. The highest BCUT2D eigenvalue weighted by molar-refractivity contribution is 6.09. The molecule has 0 spiro atoms. The molecule has 308 valence electrons. The van der Waals surface area contributed by atoms with Gasteiger partial charge in [0.05, 0.1) is 29.1 Å². The largest absolute Gasteiger partial charge is 0.489 e. The molecule has 0 N–H and O–H groups in total. The van der Waals surface area contributed by atoms with E-state index in [0.717, 1.165) is 54.2 Å². The van der Waals surface area contributed by atoms with Gasteiger partial charge in [-0.05, 0) is 124 Å². The third-order valence-corrected chi connectivity index (χ3v) is 12.5. The average molecular weight is 803 g/mol. The Morgan fingerprint density at radius 3 is 2.21 bits per heavy atom. The van der Waals surface area contributed by atoms with Gasteiger partial charge in [-0.2, -0.15) is 0 Å². The summed E-state index contributed by atoms with van der Waals surface area (Å²) in [6.45, 7) is 18.3. The van der Waals surface area contributed by atoms with Gasteiger partial charge < -0.3 is 14.5 Å². The first-order valence-electron chi connectivity index (χ1n) is 22.1. The SMILES string of the molecule is CC(C)c1cc(-c2ccccc2)c(CCCN2CN(c3cccc(COc4ccc5c6ccccc6n(-c6cc(C(C)(C)C)ccn6)c5c4)c3)c3ccccc32)c(C(C)C)c1. The van der Waals surface area contributed by atoms with Crippen LogP contribution < -0.4 is 14.5 Å². The Morgan fingerprint density at radius 1 is 0.672 bits per heavy atom. The fourth-order valence-corrected chi connectivity index (χ4v) is 9.14. The van der Waals surface area contributed by atoms with Crippen molar-refractivity contribution in [2.75, 3.05) is 23.0 Å². The number of hydrogen-bond acceptors (Lipinski definition) is 4. The Morgan fingerprint density at radius 2 is 1.43 bits per heavy atom. The normalized spacial score (nSPS) is 12.9. The number of rotatable bonds is 12. The van der Waals surface area contributed by atoms with Crippen LogP contribution in [0.2, 0.25) is 0 Å². The molecule has 0 atom stereocenters. The summed E-state index contributed by atoms with van der Waals surface area (Å²) >= 11 is 0. The molecular formula is C56H58N4O. The lowest BCUT2D eigenvalue weighted by Crippen LogP contribution is -2.29. The molecule has 0 radical (unpaired) electrons. The molecule has 3 heterocycles. The van der Waals surface area contributed by atoms with Crippen LogP contribution in [0.4, 0.5) is 17.1 Å². The number of anilines is 3. The highest BCUT2D eigenvalue weighted by Crippen LogP contribution is 2.42. The van der Waals surface area contributed by atoms with Gasteiger partial charge in [0.15, 0.2) is 0 Å². The van der Waals surface area contributed by atoms with E-state index < -0.39 is 0 Å². The second-order valence-electron chi connectivity index (χ2n) is 18.4. The Kier molecular flexibility index (Phi) is 10.9. The molecule has 6 aromatic carbocycles. The Balaban J connectivity index is 0.941. The van der Waals surface area contributed by atoms with E-state index in [9.17, 15) is 0 Å². The molecule has 1 aliphatic rings. The predicted molar refractivity (Wildman–Crippen MR) is 257 cm³/mol. The number of hydrogen-bond donors (Lipinski definition) is 0. The summed E-state index contributed by atoms with van der Waals surface area (Å²) in [5, 5.41) is 2.39. The van der Waals surface area contributed by atoms with Crippen LogP contribution in [0.5, 0.6) is 5.75 Å². The van der Waals surface area contributed by atoms with E-state index in [1.807, 2.05) is 6.20 Å². The quantitative estimate of drug-likeness (QED) is 0.123. The average Bonchev–Trinajstić information content (AvgIpc) is 3.81. The van der Waals surface area contributed by atoms with Gasteiger partial charge in [-0.1, -0.05) is 133 Å². The minimum atomic E-state index is 0.0139. The Bertz CT molecular complexity index is 2830. The highest BCUT2D eigenvalue weighted by atomic mass is 16.5. The zero-order valence-electron chi connectivity index (χ0n) is 36.8. The second kappa shape index (κ2) is 16.6. The maximum absolute atomic E-state index is 6.59. The summed E-state index contributed by atoms with van der Waals surface area (Å²) in [5.41, 5.74) is 15.4. The van der Waals surface area contributed by atoms with Crippen molar-refractivity contribution in [3.8, 4) is 22.7 Å². The van der Waals surface area contributed by atoms with Crippen molar-refractivity contribution in [3.63, 3.8) is 0 Å². The number of nitrogens with zero attached hydrogens (tertiary/aromatic N) is 4. The molecule has 5 nitrogen and oxygen atoms in total. The first-order chi connectivity index (χ1) is 29.5. The van der Waals surface area contributed by atoms with E-state index in [4.69, 9.17) is 9.72 Å². The topological polar surface area (TPSA) is 33.5 Å². The number of ether oxygens (including phenoxy) is 1. The fraction of sp³-hybridized carbons (Fsp3) is 0.268. The van der Waals surface area contributed by atoms with Crippen LogP contribution in [-0.2, 0) is 18.4 Å². The summed E-state index contributed by atoms with van der Waals surface area (Å²) in [5.74, 6) is 2.69. The molecule has 8 aromatic rings. The summed E-state index contributed by atoms with van der Waals surface area (Å²) in [7, 11) is 0. The van der Waals surface area contributed by atoms with Crippen LogP contribution in [0, 0.1) is 0 Å². The molecular weight excluding hydrogens is 745 g/mol. The summed E-state index contributed by atoms with van der Waals surface area (Å²) in [6.07, 6.45) is 4.03. The van der Waals surface area contributed by atoms with Gasteiger partial charge in [0, 0.05) is 35.3 Å². The van der Waals surface area contributed by atoms with Gasteiger partial charge in [-0.25, -0.2) is 4.98 Å². The number of benzene rings is 6. The van der Waals surface area contributed by atoms with Crippen molar-refractivity contribution in [1.82, 2.24) is 9.55 Å². The smallest absolute Gasteiger partial charge is 0.137 e. The van der Waals surface area contributed by atoms with Gasteiger partial charge >= 0.3 is 0 Å². The molecule has 0 saturated heterocycles. The lowest BCUT2D eigenvalue weighted by atomic mass is 9.84. The molecule has 5 heteroatoms. The van der Waals surface area contributed by atoms with Crippen LogP contribution in [-0.4, -0.2) is 22.8 Å². The molecule has 0 saturated carbocycles. The van der Waals surface area contributed by atoms with Gasteiger partial charge in [0.25, 0.3) is 0 Å². The van der Waals surface area contributed by atoms with Crippen molar-refractivity contribution >= 4 is 38.9 Å². The predicted octanol–water partition coefficient (Wildman–Crippen LogP) is 14.5. The van der Waals surface area contributed by atoms with Gasteiger partial charge in [-0.3, -0.25) is 4.57 Å². The number of para-hydroxylation sites is 3. The van der Waals surface area contributed by atoms with Crippen LogP contribution in [0.25, 0.3) is 38.8 Å². The molecule has 0 fully saturated rings. The molecule has 9 rings (SSSR count). The third-order valence-electron chi connectivity index (χ3n) is 12.5.